The molecule has 0 saturated carbocycles. The average molecular weight is 371 g/mol. The van der Waals surface area contributed by atoms with Crippen LogP contribution in [0.15, 0.2) is 42.5 Å². The first-order valence-corrected chi connectivity index (χ1v) is 8.93. The Kier molecular flexibility index (Phi) is 6.06. The predicted molar refractivity (Wildman–Crippen MR) is 102 cm³/mol. The number of fused-ring (bicyclic) bond motifs is 1. The van der Waals surface area contributed by atoms with Crippen LogP contribution in [0.2, 0.25) is 0 Å². The van der Waals surface area contributed by atoms with Gasteiger partial charge in [-0.05, 0) is 30.2 Å². The first-order valence-electron chi connectivity index (χ1n) is 8.93. The summed E-state index contributed by atoms with van der Waals surface area (Å²) >= 11 is 0. The lowest BCUT2D eigenvalue weighted by Crippen LogP contribution is -2.40. The summed E-state index contributed by atoms with van der Waals surface area (Å²) in [6.07, 6.45) is 0.645. The summed E-state index contributed by atoms with van der Waals surface area (Å²) < 4.78 is 22.0. The molecule has 0 aliphatic carbocycles. The molecule has 6 nitrogen and oxygen atoms in total. The number of para-hydroxylation sites is 1. The van der Waals surface area contributed by atoms with Crippen LogP contribution in [-0.2, 0) is 11.2 Å². The normalized spacial score (nSPS) is 15.3. The fraction of sp³-hybridized carbons (Fsp3) is 0.381. The summed E-state index contributed by atoms with van der Waals surface area (Å²) in [5, 5.41) is 0. The van der Waals surface area contributed by atoms with Crippen molar-refractivity contribution in [2.24, 2.45) is 5.92 Å². The van der Waals surface area contributed by atoms with E-state index >= 15 is 0 Å². The lowest BCUT2D eigenvalue weighted by atomic mass is 9.95. The highest BCUT2D eigenvalue weighted by Crippen LogP contribution is 2.36. The van der Waals surface area contributed by atoms with Crippen molar-refractivity contribution in [2.75, 3.05) is 41.0 Å². The molecule has 144 valence electrons. The largest absolute Gasteiger partial charge is 0.497 e. The molecule has 3 rings (SSSR count). The van der Waals surface area contributed by atoms with Crippen LogP contribution in [0.25, 0.3) is 0 Å². The van der Waals surface area contributed by atoms with Gasteiger partial charge in [-0.15, -0.1) is 0 Å². The number of carbonyl (C=O) groups is 1. The third-order valence-electron chi connectivity index (χ3n) is 4.64. The van der Waals surface area contributed by atoms with Crippen molar-refractivity contribution >= 4 is 5.91 Å². The quantitative estimate of drug-likeness (QED) is 0.749. The van der Waals surface area contributed by atoms with E-state index in [1.165, 1.54) is 0 Å². The fourth-order valence-electron chi connectivity index (χ4n) is 3.13. The number of likely N-dealkylation sites (N-methyl/N-ethyl adjacent to an activating group) is 1. The molecule has 0 radical (unpaired) electrons. The molecule has 0 spiro atoms. The van der Waals surface area contributed by atoms with Gasteiger partial charge in [0, 0.05) is 13.1 Å². The summed E-state index contributed by atoms with van der Waals surface area (Å²) in [6.45, 7) is 1.26. The van der Waals surface area contributed by atoms with Gasteiger partial charge in [-0.3, -0.25) is 4.79 Å². The van der Waals surface area contributed by atoms with Crippen LogP contribution >= 0.6 is 0 Å². The molecule has 27 heavy (non-hydrogen) atoms. The van der Waals surface area contributed by atoms with Crippen LogP contribution in [-0.4, -0.2) is 51.8 Å². The van der Waals surface area contributed by atoms with E-state index in [4.69, 9.17) is 18.9 Å². The van der Waals surface area contributed by atoms with Crippen LogP contribution in [0.1, 0.15) is 5.56 Å². The highest BCUT2D eigenvalue weighted by atomic mass is 16.5. The summed E-state index contributed by atoms with van der Waals surface area (Å²) in [5.74, 6) is 2.76. The van der Waals surface area contributed by atoms with Gasteiger partial charge >= 0.3 is 0 Å². The molecule has 0 saturated heterocycles. The van der Waals surface area contributed by atoms with Gasteiger partial charge in [0.1, 0.15) is 24.7 Å². The first-order chi connectivity index (χ1) is 13.1. The van der Waals surface area contributed by atoms with E-state index in [9.17, 15) is 4.79 Å². The van der Waals surface area contributed by atoms with E-state index in [-0.39, 0.29) is 11.8 Å². The molecule has 1 atom stereocenters. The summed E-state index contributed by atoms with van der Waals surface area (Å²) in [6, 6.07) is 13.2. The standard InChI is InChI=1S/C21H25NO5/c1-22(10-11-26-18-8-5-7-17(13-18)24-2)21(23)16-12-15-6-4-9-19(25-3)20(15)27-14-16/h4-9,13,16H,10-12,14H2,1-3H3. The maximum atomic E-state index is 12.7. The maximum Gasteiger partial charge on any atom is 0.229 e. The van der Waals surface area contributed by atoms with E-state index in [1.807, 2.05) is 42.5 Å². The molecule has 1 aliphatic rings. The molecule has 1 amide bonds. The topological polar surface area (TPSA) is 57.2 Å². The number of nitrogens with zero attached hydrogens (tertiary/aromatic N) is 1. The number of rotatable bonds is 7. The van der Waals surface area contributed by atoms with Gasteiger partial charge in [-0.2, -0.15) is 0 Å². The molecule has 6 heteroatoms. The smallest absolute Gasteiger partial charge is 0.229 e. The van der Waals surface area contributed by atoms with Crippen LogP contribution in [0.5, 0.6) is 23.0 Å². The number of hydrogen-bond donors (Lipinski definition) is 0. The molecule has 1 aliphatic heterocycles. The van der Waals surface area contributed by atoms with E-state index < -0.39 is 0 Å². The fourth-order valence-corrected chi connectivity index (χ4v) is 3.13. The molecule has 0 fully saturated rings. The average Bonchev–Trinajstić information content (AvgIpc) is 2.72. The number of carbonyl (C=O) groups excluding carboxylic acids is 1. The van der Waals surface area contributed by atoms with Crippen molar-refractivity contribution in [1.82, 2.24) is 4.90 Å². The van der Waals surface area contributed by atoms with Crippen LogP contribution in [0.3, 0.4) is 0 Å². The Morgan fingerprint density at radius 3 is 2.70 bits per heavy atom. The van der Waals surface area contributed by atoms with E-state index in [1.54, 1.807) is 26.2 Å². The van der Waals surface area contributed by atoms with Gasteiger partial charge in [0.25, 0.3) is 0 Å². The van der Waals surface area contributed by atoms with Gasteiger partial charge in [0.2, 0.25) is 5.91 Å². The third-order valence-corrected chi connectivity index (χ3v) is 4.64. The molecule has 0 aromatic heterocycles. The minimum absolute atomic E-state index is 0.0534. The molecule has 1 unspecified atom stereocenters. The monoisotopic (exact) mass is 371 g/mol. The zero-order valence-corrected chi connectivity index (χ0v) is 15.9. The third kappa shape index (κ3) is 4.45. The van der Waals surface area contributed by atoms with Crippen LogP contribution in [0, 0.1) is 5.92 Å². The van der Waals surface area contributed by atoms with Crippen molar-refractivity contribution in [2.45, 2.75) is 6.42 Å². The summed E-state index contributed by atoms with van der Waals surface area (Å²) in [7, 11) is 5.02. The van der Waals surface area contributed by atoms with E-state index in [0.29, 0.717) is 31.9 Å². The molecular formula is C21H25NO5. The number of benzene rings is 2. The summed E-state index contributed by atoms with van der Waals surface area (Å²) in [4.78, 5) is 14.4. The predicted octanol–water partition coefficient (Wildman–Crippen LogP) is 2.79. The number of amides is 1. The Labute approximate surface area is 159 Å². The Hall–Kier alpha value is -2.89. The highest BCUT2D eigenvalue weighted by molar-refractivity contribution is 5.79. The zero-order valence-electron chi connectivity index (χ0n) is 15.9. The van der Waals surface area contributed by atoms with Gasteiger partial charge in [-0.1, -0.05) is 18.2 Å². The van der Waals surface area contributed by atoms with Crippen molar-refractivity contribution in [1.29, 1.82) is 0 Å². The van der Waals surface area contributed by atoms with Crippen molar-refractivity contribution in [3.63, 3.8) is 0 Å². The van der Waals surface area contributed by atoms with Gasteiger partial charge in [0.05, 0.1) is 26.7 Å². The number of methoxy groups -OCH3 is 2. The van der Waals surface area contributed by atoms with Gasteiger partial charge in [-0.25, -0.2) is 0 Å². The molecule has 1 heterocycles. The molecular weight excluding hydrogens is 346 g/mol. The van der Waals surface area contributed by atoms with Crippen molar-refractivity contribution < 1.29 is 23.7 Å². The Balaban J connectivity index is 1.53. The van der Waals surface area contributed by atoms with Gasteiger partial charge in [0.15, 0.2) is 11.5 Å². The van der Waals surface area contributed by atoms with Crippen molar-refractivity contribution in [3.05, 3.63) is 48.0 Å². The van der Waals surface area contributed by atoms with E-state index in [2.05, 4.69) is 0 Å². The van der Waals surface area contributed by atoms with Crippen molar-refractivity contribution in [3.8, 4) is 23.0 Å². The minimum Gasteiger partial charge on any atom is -0.497 e. The Bertz CT molecular complexity index is 792. The Morgan fingerprint density at radius 1 is 1.15 bits per heavy atom. The SMILES string of the molecule is COc1cccc(OCCN(C)C(=O)C2COc3c(cccc3OC)C2)c1. The minimum atomic E-state index is -0.202. The van der Waals surface area contributed by atoms with Crippen LogP contribution < -0.4 is 18.9 Å². The van der Waals surface area contributed by atoms with E-state index in [0.717, 1.165) is 22.8 Å². The maximum absolute atomic E-state index is 12.7. The summed E-state index contributed by atoms with van der Waals surface area (Å²) in [5.41, 5.74) is 1.000. The molecule has 0 N–H and O–H groups in total. The lowest BCUT2D eigenvalue weighted by molar-refractivity contribution is -0.135. The molecule has 2 aromatic rings. The van der Waals surface area contributed by atoms with Gasteiger partial charge < -0.3 is 23.8 Å². The number of ether oxygens (including phenoxy) is 4. The highest BCUT2D eigenvalue weighted by Gasteiger charge is 2.29. The second kappa shape index (κ2) is 8.66. The second-order valence-corrected chi connectivity index (χ2v) is 6.45. The Morgan fingerprint density at radius 2 is 1.93 bits per heavy atom. The lowest BCUT2D eigenvalue weighted by Gasteiger charge is -2.29. The molecule has 0 bridgehead atoms. The zero-order chi connectivity index (χ0) is 19.2. The second-order valence-electron chi connectivity index (χ2n) is 6.45. The number of hydrogen-bond acceptors (Lipinski definition) is 5. The molecule has 2 aromatic carbocycles. The van der Waals surface area contributed by atoms with Crippen LogP contribution in [0.4, 0.5) is 0 Å². The first kappa shape index (κ1) is 18.9.